The minimum atomic E-state index is -0.843. The summed E-state index contributed by atoms with van der Waals surface area (Å²) in [6.07, 6.45) is 7.63. The van der Waals surface area contributed by atoms with Crippen LogP contribution in [0.4, 0.5) is 0 Å². The van der Waals surface area contributed by atoms with Crippen molar-refractivity contribution in [2.45, 2.75) is 39.0 Å². The Labute approximate surface area is 108 Å². The average Bonchev–Trinajstić information content (AvgIpc) is 2.67. The Hall–Kier alpha value is -1.32. The fraction of sp³-hybridized carbons (Fsp3) is 0.714. The van der Waals surface area contributed by atoms with Gasteiger partial charge in [0.05, 0.1) is 14.2 Å². The first kappa shape index (κ1) is 14.7. The number of hydrogen-bond donors (Lipinski definition) is 0. The van der Waals surface area contributed by atoms with Crippen molar-refractivity contribution in [2.24, 2.45) is 11.8 Å². The first-order chi connectivity index (χ1) is 8.61. The van der Waals surface area contributed by atoms with Gasteiger partial charge in [-0.3, -0.25) is 9.59 Å². The highest BCUT2D eigenvalue weighted by atomic mass is 16.5. The Morgan fingerprint density at radius 1 is 1.11 bits per heavy atom. The van der Waals surface area contributed by atoms with Crippen LogP contribution in [-0.2, 0) is 19.1 Å². The van der Waals surface area contributed by atoms with E-state index in [0.717, 1.165) is 19.3 Å². The van der Waals surface area contributed by atoms with Crippen molar-refractivity contribution in [1.82, 2.24) is 0 Å². The zero-order valence-electron chi connectivity index (χ0n) is 11.4. The van der Waals surface area contributed by atoms with E-state index >= 15 is 0 Å². The van der Waals surface area contributed by atoms with Gasteiger partial charge in [0.2, 0.25) is 0 Å². The van der Waals surface area contributed by atoms with Crippen molar-refractivity contribution < 1.29 is 19.1 Å². The smallest absolute Gasteiger partial charge is 0.320 e. The predicted octanol–water partition coefficient (Wildman–Crippen LogP) is 2.48. The monoisotopic (exact) mass is 254 g/mol. The molecule has 0 aromatic rings. The second-order valence-corrected chi connectivity index (χ2v) is 4.69. The quantitative estimate of drug-likeness (QED) is 0.439. The molecule has 0 N–H and O–H groups in total. The lowest BCUT2D eigenvalue weighted by Gasteiger charge is -2.22. The van der Waals surface area contributed by atoms with E-state index in [1.807, 2.05) is 6.92 Å². The third-order valence-electron chi connectivity index (χ3n) is 3.57. The van der Waals surface area contributed by atoms with Gasteiger partial charge < -0.3 is 9.47 Å². The third-order valence-corrected chi connectivity index (χ3v) is 3.57. The van der Waals surface area contributed by atoms with Crippen LogP contribution in [-0.4, -0.2) is 26.2 Å². The molecule has 0 heterocycles. The molecule has 0 bridgehead atoms. The van der Waals surface area contributed by atoms with Crippen LogP contribution in [0.15, 0.2) is 11.6 Å². The molecule has 0 radical (unpaired) electrons. The average molecular weight is 254 g/mol. The number of ether oxygens (including phenoxy) is 2. The van der Waals surface area contributed by atoms with Gasteiger partial charge in [-0.2, -0.15) is 0 Å². The lowest BCUT2D eigenvalue weighted by Crippen LogP contribution is -2.33. The summed E-state index contributed by atoms with van der Waals surface area (Å²) in [6.45, 7) is 1.90. The molecule has 0 amide bonds. The molecule has 102 valence electrons. The first-order valence-corrected chi connectivity index (χ1v) is 6.46. The van der Waals surface area contributed by atoms with E-state index in [-0.39, 0.29) is 5.92 Å². The van der Waals surface area contributed by atoms with Crippen LogP contribution in [0.1, 0.15) is 39.0 Å². The lowest BCUT2D eigenvalue weighted by molar-refractivity contribution is -0.160. The van der Waals surface area contributed by atoms with E-state index in [0.29, 0.717) is 0 Å². The molecular weight excluding hydrogens is 232 g/mol. The SMILES string of the molecule is COC(=O)C(C(=O)OC)C(C)C1=CCCCCC1. The molecule has 0 aromatic carbocycles. The van der Waals surface area contributed by atoms with E-state index in [1.165, 1.54) is 32.6 Å². The molecular formula is C14H22O4. The molecule has 0 aromatic heterocycles. The maximum atomic E-state index is 11.7. The minimum Gasteiger partial charge on any atom is -0.468 e. The summed E-state index contributed by atoms with van der Waals surface area (Å²) in [7, 11) is 2.60. The van der Waals surface area contributed by atoms with Gasteiger partial charge in [-0.25, -0.2) is 0 Å². The molecule has 0 saturated carbocycles. The Morgan fingerprint density at radius 2 is 1.72 bits per heavy atom. The van der Waals surface area contributed by atoms with Gasteiger partial charge in [0, 0.05) is 5.92 Å². The van der Waals surface area contributed by atoms with Gasteiger partial charge in [-0.1, -0.05) is 25.0 Å². The zero-order chi connectivity index (χ0) is 13.5. The molecule has 0 spiro atoms. The molecule has 1 rings (SSSR count). The molecule has 0 aliphatic heterocycles. The van der Waals surface area contributed by atoms with Crippen LogP contribution in [0.3, 0.4) is 0 Å². The lowest BCUT2D eigenvalue weighted by atomic mass is 9.85. The fourth-order valence-electron chi connectivity index (χ4n) is 2.43. The van der Waals surface area contributed by atoms with Gasteiger partial charge in [0.15, 0.2) is 5.92 Å². The second-order valence-electron chi connectivity index (χ2n) is 4.69. The van der Waals surface area contributed by atoms with Gasteiger partial charge in [-0.15, -0.1) is 0 Å². The number of hydrogen-bond acceptors (Lipinski definition) is 4. The summed E-state index contributed by atoms with van der Waals surface area (Å²) in [4.78, 5) is 23.5. The molecule has 18 heavy (non-hydrogen) atoms. The Morgan fingerprint density at radius 3 is 2.28 bits per heavy atom. The maximum Gasteiger partial charge on any atom is 0.320 e. The molecule has 0 saturated heterocycles. The number of allylic oxidation sites excluding steroid dienone is 2. The Bertz CT molecular complexity index is 317. The van der Waals surface area contributed by atoms with Crippen molar-refractivity contribution in [1.29, 1.82) is 0 Å². The highest BCUT2D eigenvalue weighted by molar-refractivity contribution is 5.95. The van der Waals surface area contributed by atoms with Crippen LogP contribution in [0.2, 0.25) is 0 Å². The van der Waals surface area contributed by atoms with Crippen LogP contribution in [0.5, 0.6) is 0 Å². The van der Waals surface area contributed by atoms with Crippen LogP contribution in [0, 0.1) is 11.8 Å². The van der Waals surface area contributed by atoms with Crippen LogP contribution in [0.25, 0.3) is 0 Å². The van der Waals surface area contributed by atoms with Gasteiger partial charge >= 0.3 is 11.9 Å². The van der Waals surface area contributed by atoms with Crippen molar-refractivity contribution in [3.63, 3.8) is 0 Å². The summed E-state index contributed by atoms with van der Waals surface area (Å²) < 4.78 is 9.42. The van der Waals surface area contributed by atoms with Gasteiger partial charge in [0.25, 0.3) is 0 Å². The Balaban J connectivity index is 2.86. The molecule has 1 unspecified atom stereocenters. The number of rotatable bonds is 4. The standard InChI is InChI=1S/C14H22O4/c1-10(11-8-6-4-5-7-9-11)12(13(15)17-2)14(16)18-3/h8,10,12H,4-7,9H2,1-3H3. The summed E-state index contributed by atoms with van der Waals surface area (Å²) in [5, 5.41) is 0. The number of esters is 2. The van der Waals surface area contributed by atoms with Crippen molar-refractivity contribution in [3.8, 4) is 0 Å². The molecule has 4 nitrogen and oxygen atoms in total. The maximum absolute atomic E-state index is 11.7. The molecule has 1 atom stereocenters. The molecule has 4 heteroatoms. The first-order valence-electron chi connectivity index (χ1n) is 6.46. The minimum absolute atomic E-state index is 0.150. The van der Waals surface area contributed by atoms with Crippen molar-refractivity contribution >= 4 is 11.9 Å². The van der Waals surface area contributed by atoms with E-state index in [9.17, 15) is 9.59 Å². The van der Waals surface area contributed by atoms with Crippen LogP contribution >= 0.6 is 0 Å². The van der Waals surface area contributed by atoms with E-state index in [4.69, 9.17) is 9.47 Å². The zero-order valence-corrected chi connectivity index (χ0v) is 11.4. The second kappa shape index (κ2) is 7.19. The summed E-state index contributed by atoms with van der Waals surface area (Å²) >= 11 is 0. The summed E-state index contributed by atoms with van der Waals surface area (Å²) in [5.41, 5.74) is 1.17. The third kappa shape index (κ3) is 3.59. The van der Waals surface area contributed by atoms with E-state index in [1.54, 1.807) is 0 Å². The van der Waals surface area contributed by atoms with Crippen molar-refractivity contribution in [2.75, 3.05) is 14.2 Å². The number of carbonyl (C=O) groups excluding carboxylic acids is 2. The van der Waals surface area contributed by atoms with E-state index in [2.05, 4.69) is 6.08 Å². The predicted molar refractivity (Wildman–Crippen MR) is 67.9 cm³/mol. The normalized spacial score (nSPS) is 17.7. The molecule has 0 fully saturated rings. The summed E-state index contributed by atoms with van der Waals surface area (Å²) in [6, 6.07) is 0. The fourth-order valence-corrected chi connectivity index (χ4v) is 2.43. The highest BCUT2D eigenvalue weighted by Gasteiger charge is 2.35. The van der Waals surface area contributed by atoms with Gasteiger partial charge in [0.1, 0.15) is 0 Å². The van der Waals surface area contributed by atoms with E-state index < -0.39 is 17.9 Å². The number of carbonyl (C=O) groups is 2. The Kier molecular flexibility index (Phi) is 5.89. The summed E-state index contributed by atoms with van der Waals surface area (Å²) in [5.74, 6) is -2.02. The molecule has 1 aliphatic carbocycles. The topological polar surface area (TPSA) is 52.6 Å². The van der Waals surface area contributed by atoms with Crippen LogP contribution < -0.4 is 0 Å². The largest absolute Gasteiger partial charge is 0.468 e. The van der Waals surface area contributed by atoms with Crippen molar-refractivity contribution in [3.05, 3.63) is 11.6 Å². The number of methoxy groups -OCH3 is 2. The molecule has 1 aliphatic rings. The van der Waals surface area contributed by atoms with Gasteiger partial charge in [-0.05, 0) is 25.7 Å². The highest BCUT2D eigenvalue weighted by Crippen LogP contribution is 2.29.